The molecule has 0 aromatic rings. The predicted octanol–water partition coefficient (Wildman–Crippen LogP) is 2.67. The Labute approximate surface area is 65.7 Å². The van der Waals surface area contributed by atoms with E-state index < -0.39 is 0 Å². The predicted molar refractivity (Wildman–Crippen MR) is 49.5 cm³/mol. The molecule has 1 atom stereocenters. The van der Waals surface area contributed by atoms with Crippen LogP contribution in [0.15, 0.2) is 0 Å². The number of halogens is 1. The van der Waals surface area contributed by atoms with Crippen molar-refractivity contribution in [1.82, 2.24) is 0 Å². The van der Waals surface area contributed by atoms with Crippen LogP contribution in [0.3, 0.4) is 0 Å². The first-order valence-corrected chi connectivity index (χ1v) is 3.43. The standard InChI is InChI=1S/C5H13P.HI/c1-2-3-4-5-6;/h2-6H2,1H3;1H. The highest BCUT2D eigenvalue weighted by molar-refractivity contribution is 14.0. The fourth-order valence-electron chi connectivity index (χ4n) is 0.394. The number of rotatable bonds is 3. The Bertz CT molecular complexity index is 20.0. The Morgan fingerprint density at radius 3 is 2.00 bits per heavy atom. The molecule has 1 unspecified atom stereocenters. The molecule has 0 radical (unpaired) electrons. The summed E-state index contributed by atoms with van der Waals surface area (Å²) in [5.41, 5.74) is 0. The summed E-state index contributed by atoms with van der Waals surface area (Å²) >= 11 is 0. The van der Waals surface area contributed by atoms with Gasteiger partial charge in [0.25, 0.3) is 0 Å². The van der Waals surface area contributed by atoms with E-state index >= 15 is 0 Å². The van der Waals surface area contributed by atoms with E-state index in [4.69, 9.17) is 0 Å². The van der Waals surface area contributed by atoms with Crippen molar-refractivity contribution >= 4 is 33.2 Å². The van der Waals surface area contributed by atoms with Crippen LogP contribution in [0.4, 0.5) is 0 Å². The van der Waals surface area contributed by atoms with Gasteiger partial charge in [-0.25, -0.2) is 0 Å². The van der Waals surface area contributed by atoms with E-state index in [2.05, 4.69) is 16.2 Å². The highest BCUT2D eigenvalue weighted by Crippen LogP contribution is 1.95. The van der Waals surface area contributed by atoms with Gasteiger partial charge in [0.1, 0.15) is 0 Å². The van der Waals surface area contributed by atoms with Crippen molar-refractivity contribution < 1.29 is 0 Å². The lowest BCUT2D eigenvalue weighted by atomic mass is 10.3. The topological polar surface area (TPSA) is 0 Å². The van der Waals surface area contributed by atoms with Crippen LogP contribution in [0.5, 0.6) is 0 Å². The summed E-state index contributed by atoms with van der Waals surface area (Å²) in [6.45, 7) is 2.22. The molecule has 0 aromatic heterocycles. The lowest BCUT2D eigenvalue weighted by Gasteiger charge is -1.86. The van der Waals surface area contributed by atoms with Gasteiger partial charge in [0, 0.05) is 0 Å². The second-order valence-electron chi connectivity index (χ2n) is 1.50. The molecule has 0 nitrogen and oxygen atoms in total. The van der Waals surface area contributed by atoms with Crippen LogP contribution in [0, 0.1) is 0 Å². The van der Waals surface area contributed by atoms with E-state index in [9.17, 15) is 0 Å². The summed E-state index contributed by atoms with van der Waals surface area (Å²) in [7, 11) is 2.73. The maximum absolute atomic E-state index is 2.73. The van der Waals surface area contributed by atoms with Gasteiger partial charge in [-0.15, -0.1) is 33.2 Å². The molecule has 0 saturated carbocycles. The summed E-state index contributed by atoms with van der Waals surface area (Å²) in [6, 6.07) is 0. The van der Waals surface area contributed by atoms with E-state index in [0.717, 1.165) is 0 Å². The zero-order chi connectivity index (χ0) is 4.83. The highest BCUT2D eigenvalue weighted by Gasteiger charge is 1.75. The molecular weight excluding hydrogens is 218 g/mol. The zero-order valence-electron chi connectivity index (χ0n) is 4.81. The number of hydrogen-bond acceptors (Lipinski definition) is 0. The van der Waals surface area contributed by atoms with E-state index in [1.807, 2.05) is 0 Å². The normalized spacial score (nSPS) is 7.71. The van der Waals surface area contributed by atoms with Crippen molar-refractivity contribution in [2.24, 2.45) is 0 Å². The van der Waals surface area contributed by atoms with Crippen molar-refractivity contribution in [1.29, 1.82) is 0 Å². The molecule has 7 heavy (non-hydrogen) atoms. The van der Waals surface area contributed by atoms with Crippen molar-refractivity contribution in [3.8, 4) is 0 Å². The van der Waals surface area contributed by atoms with Gasteiger partial charge < -0.3 is 0 Å². The minimum absolute atomic E-state index is 0. The van der Waals surface area contributed by atoms with Gasteiger partial charge in [-0.05, 0) is 12.6 Å². The first-order chi connectivity index (χ1) is 2.91. The molecule has 0 N–H and O–H groups in total. The Hall–Kier alpha value is 1.16. The van der Waals surface area contributed by atoms with Gasteiger partial charge in [0.15, 0.2) is 0 Å². The fraction of sp³-hybridized carbons (Fsp3) is 1.00. The highest BCUT2D eigenvalue weighted by atomic mass is 127. The summed E-state index contributed by atoms with van der Waals surface area (Å²) in [5, 5.41) is 0. The van der Waals surface area contributed by atoms with E-state index in [0.29, 0.717) is 0 Å². The lowest BCUT2D eigenvalue weighted by Crippen LogP contribution is -1.70. The smallest absolute Gasteiger partial charge is 0.0381 e. The maximum atomic E-state index is 2.73. The minimum Gasteiger partial charge on any atom is -0.138 e. The Morgan fingerprint density at radius 2 is 1.86 bits per heavy atom. The third kappa shape index (κ3) is 11.0. The first kappa shape index (κ1) is 11.0. The number of hydrogen-bond donors (Lipinski definition) is 0. The van der Waals surface area contributed by atoms with Gasteiger partial charge in [0.2, 0.25) is 0 Å². The van der Waals surface area contributed by atoms with E-state index in [1.165, 1.54) is 25.4 Å². The second-order valence-corrected chi connectivity index (χ2v) is 2.07. The van der Waals surface area contributed by atoms with E-state index in [1.54, 1.807) is 0 Å². The van der Waals surface area contributed by atoms with Crippen LogP contribution < -0.4 is 0 Å². The first-order valence-electron chi connectivity index (χ1n) is 2.62. The average Bonchev–Trinajstić information content (AvgIpc) is 1.61. The third-order valence-electron chi connectivity index (χ3n) is 0.808. The maximum Gasteiger partial charge on any atom is -0.0381 e. The van der Waals surface area contributed by atoms with Crippen molar-refractivity contribution in [2.45, 2.75) is 26.2 Å². The largest absolute Gasteiger partial charge is 0.138 e. The fourth-order valence-corrected chi connectivity index (χ4v) is 0.683. The summed E-state index contributed by atoms with van der Waals surface area (Å²) in [5.74, 6) is 0. The quantitative estimate of drug-likeness (QED) is 0.398. The van der Waals surface area contributed by atoms with Gasteiger partial charge in [0.05, 0.1) is 0 Å². The van der Waals surface area contributed by atoms with Crippen molar-refractivity contribution in [3.63, 3.8) is 0 Å². The molecule has 0 spiro atoms. The van der Waals surface area contributed by atoms with Gasteiger partial charge in [-0.2, -0.15) is 0 Å². The summed E-state index contributed by atoms with van der Waals surface area (Å²) < 4.78 is 0. The van der Waals surface area contributed by atoms with Gasteiger partial charge in [-0.1, -0.05) is 19.8 Å². The van der Waals surface area contributed by atoms with Crippen LogP contribution >= 0.6 is 33.2 Å². The monoisotopic (exact) mass is 232 g/mol. The molecule has 0 fully saturated rings. The number of unbranched alkanes of at least 4 members (excludes halogenated alkanes) is 2. The molecular formula is C5H14IP. The molecule has 0 heterocycles. The Kier molecular flexibility index (Phi) is 16.1. The average molecular weight is 232 g/mol. The summed E-state index contributed by atoms with van der Waals surface area (Å²) in [4.78, 5) is 0. The molecule has 0 amide bonds. The SMILES string of the molecule is CCCCCP.I. The molecule has 0 aliphatic rings. The molecule has 0 aromatic carbocycles. The zero-order valence-corrected chi connectivity index (χ0v) is 8.30. The molecule has 0 bridgehead atoms. The van der Waals surface area contributed by atoms with Crippen LogP contribution in [-0.2, 0) is 0 Å². The summed E-state index contributed by atoms with van der Waals surface area (Å²) in [6.07, 6.45) is 5.38. The van der Waals surface area contributed by atoms with Crippen LogP contribution in [0.1, 0.15) is 26.2 Å². The molecule has 2 heteroatoms. The van der Waals surface area contributed by atoms with Crippen molar-refractivity contribution in [2.75, 3.05) is 6.16 Å². The Morgan fingerprint density at radius 1 is 1.29 bits per heavy atom. The van der Waals surface area contributed by atoms with E-state index in [-0.39, 0.29) is 24.0 Å². The van der Waals surface area contributed by atoms with Crippen LogP contribution in [0.2, 0.25) is 0 Å². The van der Waals surface area contributed by atoms with Gasteiger partial charge in [-0.3, -0.25) is 0 Å². The van der Waals surface area contributed by atoms with Crippen molar-refractivity contribution in [3.05, 3.63) is 0 Å². The Balaban J connectivity index is 0. The second kappa shape index (κ2) is 10.2. The minimum atomic E-state index is 0. The van der Waals surface area contributed by atoms with Gasteiger partial charge >= 0.3 is 0 Å². The van der Waals surface area contributed by atoms with Crippen LogP contribution in [-0.4, -0.2) is 6.16 Å². The molecule has 0 rings (SSSR count). The molecule has 0 aliphatic carbocycles. The molecule has 46 valence electrons. The molecule has 0 saturated heterocycles. The van der Waals surface area contributed by atoms with Crippen LogP contribution in [0.25, 0.3) is 0 Å². The lowest BCUT2D eigenvalue weighted by molar-refractivity contribution is 0.779. The molecule has 0 aliphatic heterocycles. The third-order valence-corrected chi connectivity index (χ3v) is 1.22.